The predicted octanol–water partition coefficient (Wildman–Crippen LogP) is 6.88. The minimum atomic E-state index is -4.04. The first-order valence-corrected chi connectivity index (χ1v) is 16.3. The van der Waals surface area contributed by atoms with Gasteiger partial charge in [-0.25, -0.2) is 13.1 Å². The number of nitrogens with zero attached hydrogens (tertiary/aromatic N) is 4. The molecule has 0 aliphatic carbocycles. The molecule has 0 radical (unpaired) electrons. The number of aromatic nitrogens is 3. The standard InChI is InChI=1S/C33H27N5O4S2/c39-38(40)28-20-18-27(19-21-28)37-32(34-35-33(37)43-23-25-12-5-2-6-13-25)30(22-24-10-3-1-4-11-24)36-44(41,42)31-17-9-15-26-14-7-8-16-29(26)31/h1-21,30,36H,22-23H2. The van der Waals surface area contributed by atoms with Gasteiger partial charge in [-0.3, -0.25) is 14.7 Å². The zero-order valence-electron chi connectivity index (χ0n) is 23.4. The first-order valence-electron chi connectivity index (χ1n) is 13.8. The highest BCUT2D eigenvalue weighted by atomic mass is 32.2. The monoisotopic (exact) mass is 621 g/mol. The Morgan fingerprint density at radius 1 is 0.773 bits per heavy atom. The van der Waals surface area contributed by atoms with Gasteiger partial charge in [-0.15, -0.1) is 10.2 Å². The summed E-state index contributed by atoms with van der Waals surface area (Å²) in [4.78, 5) is 11.1. The van der Waals surface area contributed by atoms with Crippen LogP contribution in [0, 0.1) is 10.1 Å². The lowest BCUT2D eigenvalue weighted by Gasteiger charge is -2.21. The van der Waals surface area contributed by atoms with E-state index in [1.807, 2.05) is 84.9 Å². The van der Waals surface area contributed by atoms with Crippen LogP contribution in [0.5, 0.6) is 0 Å². The van der Waals surface area contributed by atoms with Crippen LogP contribution in [0.15, 0.2) is 137 Å². The van der Waals surface area contributed by atoms with Crippen molar-refractivity contribution in [1.82, 2.24) is 19.5 Å². The predicted molar refractivity (Wildman–Crippen MR) is 171 cm³/mol. The van der Waals surface area contributed by atoms with E-state index in [2.05, 4.69) is 14.9 Å². The molecule has 44 heavy (non-hydrogen) atoms. The van der Waals surface area contributed by atoms with Crippen molar-refractivity contribution in [2.45, 2.75) is 28.3 Å². The number of thioether (sulfide) groups is 1. The molecule has 0 spiro atoms. The number of benzene rings is 5. The van der Waals surface area contributed by atoms with E-state index in [1.165, 1.54) is 23.9 Å². The Morgan fingerprint density at radius 3 is 2.11 bits per heavy atom. The lowest BCUT2D eigenvalue weighted by atomic mass is 10.1. The number of hydrogen-bond donors (Lipinski definition) is 1. The number of non-ortho nitro benzene ring substituents is 1. The van der Waals surface area contributed by atoms with Crippen LogP contribution in [0.4, 0.5) is 5.69 Å². The molecule has 1 aromatic heterocycles. The second kappa shape index (κ2) is 12.8. The summed E-state index contributed by atoms with van der Waals surface area (Å²) >= 11 is 1.44. The summed E-state index contributed by atoms with van der Waals surface area (Å²) in [5.74, 6) is 0.957. The summed E-state index contributed by atoms with van der Waals surface area (Å²) in [6.07, 6.45) is 0.291. The van der Waals surface area contributed by atoms with E-state index in [-0.39, 0.29) is 10.6 Å². The molecule has 0 bridgehead atoms. The van der Waals surface area contributed by atoms with Crippen LogP contribution >= 0.6 is 11.8 Å². The van der Waals surface area contributed by atoms with Crippen molar-refractivity contribution in [2.24, 2.45) is 0 Å². The number of nitro groups is 1. The number of sulfonamides is 1. The second-order valence-corrected chi connectivity index (χ2v) is 12.7. The van der Waals surface area contributed by atoms with Gasteiger partial charge in [0.05, 0.1) is 15.9 Å². The Hall–Kier alpha value is -4.84. The lowest BCUT2D eigenvalue weighted by molar-refractivity contribution is -0.384. The van der Waals surface area contributed by atoms with Gasteiger partial charge in [0.15, 0.2) is 11.0 Å². The maximum atomic E-state index is 14.1. The van der Waals surface area contributed by atoms with Crippen LogP contribution in [0.2, 0.25) is 0 Å². The molecule has 0 fully saturated rings. The third kappa shape index (κ3) is 6.40. The molecule has 5 aromatic carbocycles. The molecule has 9 nitrogen and oxygen atoms in total. The number of nitro benzene ring substituents is 1. The third-order valence-electron chi connectivity index (χ3n) is 7.12. The van der Waals surface area contributed by atoms with Gasteiger partial charge in [0, 0.05) is 29.0 Å². The van der Waals surface area contributed by atoms with Crippen LogP contribution in [0.25, 0.3) is 16.5 Å². The maximum Gasteiger partial charge on any atom is 0.269 e. The fourth-order valence-electron chi connectivity index (χ4n) is 5.00. The van der Waals surface area contributed by atoms with E-state index in [0.29, 0.717) is 34.2 Å². The average molecular weight is 622 g/mol. The van der Waals surface area contributed by atoms with Crippen LogP contribution in [0.1, 0.15) is 23.0 Å². The van der Waals surface area contributed by atoms with Gasteiger partial charge >= 0.3 is 0 Å². The molecule has 6 aromatic rings. The zero-order chi connectivity index (χ0) is 30.5. The molecular weight excluding hydrogens is 595 g/mol. The zero-order valence-corrected chi connectivity index (χ0v) is 25.0. The van der Waals surface area contributed by atoms with Crippen molar-refractivity contribution in [3.8, 4) is 5.69 Å². The summed E-state index contributed by atoms with van der Waals surface area (Å²) in [5.41, 5.74) is 2.50. The molecule has 220 valence electrons. The van der Waals surface area contributed by atoms with Crippen LogP contribution in [-0.2, 0) is 22.2 Å². The third-order valence-corrected chi connectivity index (χ3v) is 9.65. The summed E-state index contributed by atoms with van der Waals surface area (Å²) in [6, 6.07) is 37.2. The Balaban J connectivity index is 1.45. The molecule has 1 atom stereocenters. The van der Waals surface area contributed by atoms with E-state index in [0.717, 1.165) is 16.5 Å². The Bertz CT molecular complexity index is 2010. The fraction of sp³-hybridized carbons (Fsp3) is 0.0909. The molecular formula is C33H27N5O4S2. The van der Waals surface area contributed by atoms with E-state index < -0.39 is 21.0 Å². The first kappa shape index (κ1) is 29.2. The van der Waals surface area contributed by atoms with E-state index >= 15 is 0 Å². The van der Waals surface area contributed by atoms with Crippen LogP contribution < -0.4 is 4.72 Å². The molecule has 0 aliphatic heterocycles. The summed E-state index contributed by atoms with van der Waals surface area (Å²) < 4.78 is 32.8. The molecule has 0 aliphatic rings. The van der Waals surface area contributed by atoms with E-state index in [1.54, 1.807) is 34.9 Å². The highest BCUT2D eigenvalue weighted by molar-refractivity contribution is 7.98. The van der Waals surface area contributed by atoms with Crippen molar-refractivity contribution < 1.29 is 13.3 Å². The van der Waals surface area contributed by atoms with Crippen molar-refractivity contribution >= 4 is 38.2 Å². The normalized spacial score (nSPS) is 12.3. The largest absolute Gasteiger partial charge is 0.273 e. The minimum Gasteiger partial charge on any atom is -0.273 e. The fourth-order valence-corrected chi connectivity index (χ4v) is 7.34. The molecule has 0 amide bonds. The Kier molecular flexibility index (Phi) is 8.51. The summed E-state index contributed by atoms with van der Waals surface area (Å²) in [5, 5.41) is 22.3. The quantitative estimate of drug-likeness (QED) is 0.0951. The van der Waals surface area contributed by atoms with Crippen LogP contribution in [-0.4, -0.2) is 28.1 Å². The van der Waals surface area contributed by atoms with Gasteiger partial charge < -0.3 is 0 Å². The van der Waals surface area contributed by atoms with Gasteiger partial charge in [-0.05, 0) is 41.1 Å². The van der Waals surface area contributed by atoms with Crippen LogP contribution in [0.3, 0.4) is 0 Å². The second-order valence-electron chi connectivity index (χ2n) is 10.1. The van der Waals surface area contributed by atoms with Gasteiger partial charge in [0.25, 0.3) is 5.69 Å². The highest BCUT2D eigenvalue weighted by Crippen LogP contribution is 2.31. The molecule has 6 rings (SSSR count). The van der Waals surface area contributed by atoms with E-state index in [4.69, 9.17) is 0 Å². The molecule has 1 heterocycles. The first-order chi connectivity index (χ1) is 21.4. The van der Waals surface area contributed by atoms with Gasteiger partial charge in [-0.1, -0.05) is 109 Å². The van der Waals surface area contributed by atoms with Crippen molar-refractivity contribution in [3.05, 3.63) is 154 Å². The van der Waals surface area contributed by atoms with Crippen molar-refractivity contribution in [2.75, 3.05) is 0 Å². The number of rotatable bonds is 11. The van der Waals surface area contributed by atoms with Crippen molar-refractivity contribution in [3.63, 3.8) is 0 Å². The lowest BCUT2D eigenvalue weighted by Crippen LogP contribution is -2.32. The summed E-state index contributed by atoms with van der Waals surface area (Å²) in [6.45, 7) is 0. The van der Waals surface area contributed by atoms with Gasteiger partial charge in [0.2, 0.25) is 10.0 Å². The molecule has 0 saturated carbocycles. The average Bonchev–Trinajstić information content (AvgIpc) is 3.48. The number of hydrogen-bond acceptors (Lipinski definition) is 7. The van der Waals surface area contributed by atoms with Gasteiger partial charge in [0.1, 0.15) is 0 Å². The Labute approximate surface area is 258 Å². The molecule has 0 saturated heterocycles. The van der Waals surface area contributed by atoms with Gasteiger partial charge in [-0.2, -0.15) is 0 Å². The molecule has 1 unspecified atom stereocenters. The Morgan fingerprint density at radius 2 is 1.41 bits per heavy atom. The minimum absolute atomic E-state index is 0.0562. The van der Waals surface area contributed by atoms with E-state index in [9.17, 15) is 18.5 Å². The van der Waals surface area contributed by atoms with Crippen molar-refractivity contribution in [1.29, 1.82) is 0 Å². The SMILES string of the molecule is O=[N+]([O-])c1ccc(-n2c(SCc3ccccc3)nnc2C(Cc2ccccc2)NS(=O)(=O)c2cccc3ccccc23)cc1. The number of nitrogens with one attached hydrogen (secondary N) is 1. The molecule has 11 heteroatoms. The topological polar surface area (TPSA) is 120 Å². The summed E-state index contributed by atoms with van der Waals surface area (Å²) in [7, 11) is -4.04. The highest BCUT2D eigenvalue weighted by Gasteiger charge is 2.29. The maximum absolute atomic E-state index is 14.1. The molecule has 1 N–H and O–H groups in total. The number of fused-ring (bicyclic) bond motifs is 1. The smallest absolute Gasteiger partial charge is 0.269 e.